The van der Waals surface area contributed by atoms with Crippen LogP contribution in [-0.2, 0) is 19.6 Å². The summed E-state index contributed by atoms with van der Waals surface area (Å²) in [6.07, 6.45) is 2.70. The minimum atomic E-state index is -3.48. The summed E-state index contributed by atoms with van der Waals surface area (Å²) in [6.45, 7) is 4.46. The highest BCUT2D eigenvalue weighted by atomic mass is 32.2. The van der Waals surface area contributed by atoms with Crippen LogP contribution < -0.4 is 4.72 Å². The molecule has 0 aromatic heterocycles. The van der Waals surface area contributed by atoms with Crippen LogP contribution in [0, 0.1) is 11.3 Å². The maximum Gasteiger partial charge on any atom is 0.310 e. The lowest BCUT2D eigenvalue weighted by molar-refractivity contribution is -0.151. The topological polar surface area (TPSA) is 92.7 Å². The number of sulfonamides is 1. The van der Waals surface area contributed by atoms with Crippen molar-refractivity contribution in [2.75, 3.05) is 25.5 Å². The van der Waals surface area contributed by atoms with Gasteiger partial charge >= 0.3 is 5.97 Å². The second-order valence-electron chi connectivity index (χ2n) is 5.60. The summed E-state index contributed by atoms with van der Waals surface area (Å²) in [5.74, 6) is -0.526. The molecule has 1 rings (SSSR count). The quantitative estimate of drug-likeness (QED) is 0.658. The monoisotopic (exact) mass is 307 g/mol. The van der Waals surface area contributed by atoms with Crippen molar-refractivity contribution in [3.63, 3.8) is 0 Å². The molecule has 0 amide bonds. The third kappa shape index (κ3) is 5.03. The number of carbonyl (C=O) groups is 1. The molecule has 1 aliphatic carbocycles. The molecule has 0 aromatic carbocycles. The number of rotatable bonds is 8. The number of ether oxygens (including phenoxy) is 1. The summed E-state index contributed by atoms with van der Waals surface area (Å²) < 4.78 is 31.0. The van der Waals surface area contributed by atoms with Crippen molar-refractivity contribution in [1.29, 1.82) is 0 Å². The summed E-state index contributed by atoms with van der Waals surface area (Å²) in [5, 5.41) is 9.43. The Labute approximate surface area is 120 Å². The fourth-order valence-electron chi connectivity index (χ4n) is 2.41. The Morgan fingerprint density at radius 3 is 2.50 bits per heavy atom. The van der Waals surface area contributed by atoms with Gasteiger partial charge in [0.15, 0.2) is 0 Å². The highest BCUT2D eigenvalue weighted by Gasteiger charge is 2.41. The van der Waals surface area contributed by atoms with Gasteiger partial charge in [-0.15, -0.1) is 0 Å². The van der Waals surface area contributed by atoms with Gasteiger partial charge in [0.25, 0.3) is 0 Å². The molecule has 1 fully saturated rings. The van der Waals surface area contributed by atoms with E-state index in [1.54, 1.807) is 6.92 Å². The standard InChI is InChI=1S/C13H25NO5S/c1-3-19-8-9-20(17,18)14-10-13(12(15)16)6-4-11(2)5-7-13/h11,14H,3-10H2,1-2H3,(H,15,16). The number of hydrogen-bond donors (Lipinski definition) is 2. The Bertz CT molecular complexity index is 412. The molecule has 0 aliphatic heterocycles. The van der Waals surface area contributed by atoms with E-state index in [0.29, 0.717) is 25.4 Å². The van der Waals surface area contributed by atoms with Gasteiger partial charge in [0.05, 0.1) is 17.8 Å². The van der Waals surface area contributed by atoms with E-state index in [1.807, 2.05) is 0 Å². The summed E-state index contributed by atoms with van der Waals surface area (Å²) in [4.78, 5) is 11.5. The molecule has 0 spiro atoms. The average molecular weight is 307 g/mol. The molecule has 0 radical (unpaired) electrons. The number of carboxylic acid groups (broad SMARTS) is 1. The van der Waals surface area contributed by atoms with Crippen LogP contribution in [0.5, 0.6) is 0 Å². The lowest BCUT2D eigenvalue weighted by Crippen LogP contribution is -2.45. The first-order chi connectivity index (χ1) is 9.31. The summed E-state index contributed by atoms with van der Waals surface area (Å²) in [5.41, 5.74) is -0.953. The Morgan fingerprint density at radius 1 is 1.40 bits per heavy atom. The van der Waals surface area contributed by atoms with Crippen molar-refractivity contribution in [3.8, 4) is 0 Å². The first kappa shape index (κ1) is 17.4. The van der Waals surface area contributed by atoms with E-state index in [9.17, 15) is 18.3 Å². The molecule has 0 aromatic rings. The lowest BCUT2D eigenvalue weighted by atomic mass is 9.71. The molecule has 1 aliphatic rings. The Morgan fingerprint density at radius 2 is 2.00 bits per heavy atom. The Kier molecular flexibility index (Phi) is 6.42. The highest BCUT2D eigenvalue weighted by Crippen LogP contribution is 2.38. The molecule has 0 heterocycles. The zero-order valence-corrected chi connectivity index (χ0v) is 13.0. The molecule has 1 saturated carbocycles. The van der Waals surface area contributed by atoms with Crippen LogP contribution >= 0.6 is 0 Å². The number of nitrogens with one attached hydrogen (secondary N) is 1. The zero-order chi connectivity index (χ0) is 15.2. The van der Waals surface area contributed by atoms with Crippen molar-refractivity contribution >= 4 is 16.0 Å². The van der Waals surface area contributed by atoms with Crippen LogP contribution in [0.2, 0.25) is 0 Å². The maximum atomic E-state index is 11.8. The molecule has 2 N–H and O–H groups in total. The smallest absolute Gasteiger partial charge is 0.310 e. The van der Waals surface area contributed by atoms with Crippen LogP contribution in [0.15, 0.2) is 0 Å². The molecule has 20 heavy (non-hydrogen) atoms. The van der Waals surface area contributed by atoms with Crippen molar-refractivity contribution in [2.45, 2.75) is 39.5 Å². The van der Waals surface area contributed by atoms with Crippen LogP contribution in [-0.4, -0.2) is 45.0 Å². The molecule has 0 bridgehead atoms. The lowest BCUT2D eigenvalue weighted by Gasteiger charge is -2.35. The van der Waals surface area contributed by atoms with E-state index in [4.69, 9.17) is 4.74 Å². The molecule has 0 saturated heterocycles. The van der Waals surface area contributed by atoms with Crippen molar-refractivity contribution in [1.82, 2.24) is 4.72 Å². The summed E-state index contributed by atoms with van der Waals surface area (Å²) >= 11 is 0. The first-order valence-electron chi connectivity index (χ1n) is 7.10. The highest BCUT2D eigenvalue weighted by molar-refractivity contribution is 7.89. The molecule has 0 unspecified atom stereocenters. The second kappa shape index (κ2) is 7.38. The summed E-state index contributed by atoms with van der Waals surface area (Å²) in [6, 6.07) is 0. The van der Waals surface area contributed by atoms with Gasteiger partial charge < -0.3 is 9.84 Å². The Balaban J connectivity index is 2.57. The molecule has 6 nitrogen and oxygen atoms in total. The second-order valence-corrected chi connectivity index (χ2v) is 7.53. The van der Waals surface area contributed by atoms with E-state index >= 15 is 0 Å². The number of aliphatic carboxylic acids is 1. The first-order valence-corrected chi connectivity index (χ1v) is 8.75. The van der Waals surface area contributed by atoms with Gasteiger partial charge in [0, 0.05) is 13.2 Å². The minimum Gasteiger partial charge on any atom is -0.481 e. The van der Waals surface area contributed by atoms with Crippen LogP contribution in [0.4, 0.5) is 0 Å². The average Bonchev–Trinajstić information content (AvgIpc) is 2.38. The summed E-state index contributed by atoms with van der Waals surface area (Å²) in [7, 11) is -3.48. The largest absolute Gasteiger partial charge is 0.481 e. The van der Waals surface area contributed by atoms with Gasteiger partial charge in [-0.2, -0.15) is 0 Å². The van der Waals surface area contributed by atoms with Crippen LogP contribution in [0.1, 0.15) is 39.5 Å². The van der Waals surface area contributed by atoms with Crippen molar-refractivity contribution < 1.29 is 23.1 Å². The van der Waals surface area contributed by atoms with Gasteiger partial charge in [0.1, 0.15) is 0 Å². The van der Waals surface area contributed by atoms with E-state index in [1.165, 1.54) is 0 Å². The fraction of sp³-hybridized carbons (Fsp3) is 0.923. The van der Waals surface area contributed by atoms with E-state index in [0.717, 1.165) is 12.8 Å². The van der Waals surface area contributed by atoms with Gasteiger partial charge in [-0.05, 0) is 38.5 Å². The molecule has 118 valence electrons. The van der Waals surface area contributed by atoms with Crippen LogP contribution in [0.3, 0.4) is 0 Å². The fourth-order valence-corrected chi connectivity index (χ4v) is 3.39. The van der Waals surface area contributed by atoms with Gasteiger partial charge in [-0.25, -0.2) is 13.1 Å². The Hall–Kier alpha value is -0.660. The SMILES string of the molecule is CCOCCS(=O)(=O)NCC1(C(=O)O)CCC(C)CC1. The molecular formula is C13H25NO5S. The van der Waals surface area contributed by atoms with Crippen molar-refractivity contribution in [3.05, 3.63) is 0 Å². The van der Waals surface area contributed by atoms with E-state index in [2.05, 4.69) is 11.6 Å². The minimum absolute atomic E-state index is 0.0243. The van der Waals surface area contributed by atoms with Crippen LogP contribution in [0.25, 0.3) is 0 Å². The number of hydrogen-bond acceptors (Lipinski definition) is 4. The predicted octanol–water partition coefficient (Wildman–Crippen LogP) is 1.22. The van der Waals surface area contributed by atoms with Gasteiger partial charge in [0.2, 0.25) is 10.0 Å². The third-order valence-electron chi connectivity index (χ3n) is 4.02. The van der Waals surface area contributed by atoms with E-state index < -0.39 is 21.4 Å². The number of carboxylic acids is 1. The molecular weight excluding hydrogens is 282 g/mol. The molecule has 0 atom stereocenters. The zero-order valence-electron chi connectivity index (χ0n) is 12.2. The third-order valence-corrected chi connectivity index (χ3v) is 5.30. The van der Waals surface area contributed by atoms with E-state index in [-0.39, 0.29) is 18.9 Å². The normalized spacial score (nSPS) is 27.4. The maximum absolute atomic E-state index is 11.8. The predicted molar refractivity (Wildman–Crippen MR) is 76.0 cm³/mol. The van der Waals surface area contributed by atoms with Gasteiger partial charge in [-0.3, -0.25) is 4.79 Å². The molecule has 7 heteroatoms. The van der Waals surface area contributed by atoms with Gasteiger partial charge in [-0.1, -0.05) is 6.92 Å². The van der Waals surface area contributed by atoms with Crippen molar-refractivity contribution in [2.24, 2.45) is 11.3 Å².